The van der Waals surface area contributed by atoms with E-state index in [4.69, 9.17) is 9.47 Å². The molecule has 0 unspecified atom stereocenters. The van der Waals surface area contributed by atoms with Crippen molar-refractivity contribution in [3.05, 3.63) is 204 Å². The molecule has 116 heavy (non-hydrogen) atoms. The van der Waals surface area contributed by atoms with Crippen LogP contribution in [-0.2, 0) is 86.8 Å². The number of amides is 8. The number of carbonyl (C=O) groups excluding carboxylic acids is 8. The topological polar surface area (TPSA) is 394 Å². The highest BCUT2D eigenvalue weighted by molar-refractivity contribution is 5.98. The quantitative estimate of drug-likeness (QED) is 0.0600. The molecule has 2 aromatic heterocycles. The van der Waals surface area contributed by atoms with Crippen molar-refractivity contribution in [1.82, 2.24) is 82.3 Å². The predicted octanol–water partition coefficient (Wildman–Crippen LogP) is 5.96. The summed E-state index contributed by atoms with van der Waals surface area (Å²) in [6, 6.07) is 33.7. The van der Waals surface area contributed by atoms with Crippen LogP contribution in [0.15, 0.2) is 170 Å². The molecule has 0 radical (unpaired) electrons. The molecule has 0 spiro atoms. The lowest BCUT2D eigenvalue weighted by atomic mass is 9.85. The SMILES string of the molecule is CN[C@@H](C)C(=O)N[C@H](C(=O)N1C[C@@H]2C[C@H]1C(=O)N[C@@H](Cc1ccc3ccccc3c1)C(=O)N[C@H](C(=O)O)Cc1ccc(cc1)OCc1ccc(cc1)-c1cn(nn1)[C@H]1C[C@@H](C(=O)N[C@@H](Cc3ccc4ccccc4c3)C(=O)N[C@H](C(=O)O)Cc3ccc(cc3)OCc3cn2nn3)N(C(=O)[C@@H](NC(=O)[C@H](C)NC)C(C)(C)C)C1)C(C)(C)C. The fraction of sp³-hybridized carbons (Fsp3) is 0.395. The van der Waals surface area contributed by atoms with Gasteiger partial charge in [0.05, 0.1) is 36.6 Å². The molecule has 14 bridgehead atoms. The Balaban J connectivity index is 0.864. The lowest BCUT2D eigenvalue weighted by molar-refractivity contribution is -0.145. The van der Waals surface area contributed by atoms with E-state index in [-0.39, 0.29) is 64.8 Å². The highest BCUT2D eigenvalue weighted by atomic mass is 16.5. The summed E-state index contributed by atoms with van der Waals surface area (Å²) in [6.07, 6.45) is 2.71. The van der Waals surface area contributed by atoms with Gasteiger partial charge in [-0.25, -0.2) is 19.0 Å². The molecular formula is C86H100N16O14. The van der Waals surface area contributed by atoms with E-state index in [1.165, 1.54) is 14.5 Å². The van der Waals surface area contributed by atoms with Crippen molar-refractivity contribution < 1.29 is 67.6 Å². The Kier molecular flexibility index (Phi) is 25.7. The van der Waals surface area contributed by atoms with Crippen LogP contribution >= 0.6 is 0 Å². The third kappa shape index (κ3) is 20.2. The number of aromatic nitrogens is 6. The van der Waals surface area contributed by atoms with Gasteiger partial charge in [0.15, 0.2) is 0 Å². The molecule has 8 amide bonds. The van der Waals surface area contributed by atoms with E-state index in [2.05, 4.69) is 63.2 Å². The number of aliphatic carboxylic acids is 2. The lowest BCUT2D eigenvalue weighted by Gasteiger charge is -2.36. The molecule has 608 valence electrons. The number of hydrogen-bond donors (Lipinski definition) is 10. The number of rotatable bonds is 14. The molecule has 9 heterocycles. The van der Waals surface area contributed by atoms with Crippen LogP contribution in [0, 0.1) is 10.8 Å². The Morgan fingerprint density at radius 3 is 1.32 bits per heavy atom. The number of fused-ring (bicyclic) bond motifs is 3. The van der Waals surface area contributed by atoms with Gasteiger partial charge in [0, 0.05) is 57.2 Å². The Labute approximate surface area is 671 Å². The molecule has 30 nitrogen and oxygen atoms in total. The minimum Gasteiger partial charge on any atom is -0.489 e. The molecule has 10 N–H and O–H groups in total. The average Bonchev–Trinajstić information content (AvgIpc) is 1.64. The molecule has 9 aromatic rings. The van der Waals surface area contributed by atoms with Gasteiger partial charge in [0.1, 0.15) is 84.4 Å². The van der Waals surface area contributed by atoms with Crippen molar-refractivity contribution in [1.29, 1.82) is 0 Å². The Morgan fingerprint density at radius 1 is 0.491 bits per heavy atom. The zero-order valence-corrected chi connectivity index (χ0v) is 66.5. The number of carbonyl (C=O) groups is 10. The van der Waals surface area contributed by atoms with E-state index >= 15 is 19.2 Å². The number of carboxylic acid groups (broad SMARTS) is 2. The molecule has 7 aliphatic rings. The summed E-state index contributed by atoms with van der Waals surface area (Å²) < 4.78 is 15.5. The number of likely N-dealkylation sites (tertiary alicyclic amines) is 2. The lowest BCUT2D eigenvalue weighted by Crippen LogP contribution is -2.60. The van der Waals surface area contributed by atoms with E-state index in [1.807, 2.05) is 109 Å². The van der Waals surface area contributed by atoms with Gasteiger partial charge >= 0.3 is 11.9 Å². The zero-order valence-electron chi connectivity index (χ0n) is 66.5. The standard InChI is InChI=1S/C86H100N16O14/c1-49(87-9)75(103)93-73(85(3,4)5)81(109)99-44-62-41-71(99)79(107)89-66(39-54-21-27-56-15-11-13-17-59(56)35-54)77(105)91-68(83(111)112)37-51-23-31-64(32-24-51)115-47-53-19-29-58(30-20-53)70-46-102(98-96-70)63-42-72(100(45-63)82(110)74(86(6,7)8)94-76(104)50(2)88-10)80(108)90-67(40-55-22-28-57-16-12-14-18-60(57)36-55)78(106)92-69(84(113)114)38-52-25-33-65(34-26-52)116-48-61-43-101(62)97-95-61/h11-36,43,46,49-50,62-63,66-69,71-74,87-88H,37-42,44-45,47-48H2,1-10H3,(H,89,107)(H,90,108)(H,91,105)(H,92,106)(H,93,103)(H,94,104)(H,111,112)(H,113,114)/t49-,50-,62-,63-,66-,67-,68-,69-,71-,72-,73+,74+/m0/s1. The minimum atomic E-state index is -1.52. The van der Waals surface area contributed by atoms with Gasteiger partial charge in [0.25, 0.3) is 0 Å². The number of nitrogens with zero attached hydrogens (tertiary/aromatic N) is 8. The predicted molar refractivity (Wildman–Crippen MR) is 431 cm³/mol. The van der Waals surface area contributed by atoms with Crippen LogP contribution in [0.25, 0.3) is 32.8 Å². The van der Waals surface area contributed by atoms with Crippen LogP contribution < -0.4 is 52.0 Å². The average molecular weight is 1580 g/mol. The van der Waals surface area contributed by atoms with Crippen molar-refractivity contribution >= 4 is 80.7 Å². The van der Waals surface area contributed by atoms with Crippen LogP contribution in [0.3, 0.4) is 0 Å². The van der Waals surface area contributed by atoms with Crippen molar-refractivity contribution in [3.8, 4) is 22.8 Å². The van der Waals surface area contributed by atoms with Gasteiger partial charge in [-0.3, -0.25) is 38.4 Å². The summed E-state index contributed by atoms with van der Waals surface area (Å²) >= 11 is 0. The maximum absolute atomic E-state index is 15.4. The van der Waals surface area contributed by atoms with Crippen LogP contribution in [0.1, 0.15) is 114 Å². The first kappa shape index (κ1) is 83.0. The van der Waals surface area contributed by atoms with Crippen LogP contribution in [0.4, 0.5) is 0 Å². The van der Waals surface area contributed by atoms with Crippen molar-refractivity contribution in [2.24, 2.45) is 10.8 Å². The largest absolute Gasteiger partial charge is 0.489 e. The molecule has 2 fully saturated rings. The number of hydrogen-bond acceptors (Lipinski definition) is 18. The highest BCUT2D eigenvalue weighted by Crippen LogP contribution is 2.35. The molecule has 2 saturated heterocycles. The Morgan fingerprint density at radius 2 is 0.897 bits per heavy atom. The second kappa shape index (κ2) is 35.9. The van der Waals surface area contributed by atoms with Gasteiger partial charge < -0.3 is 72.0 Å². The molecule has 30 heteroatoms. The number of likely N-dealkylation sites (N-methyl/N-ethyl adjacent to an activating group) is 2. The second-order valence-electron chi connectivity index (χ2n) is 32.4. The summed E-state index contributed by atoms with van der Waals surface area (Å²) in [5.74, 6) is -7.02. The molecule has 12 atom stereocenters. The first-order valence-electron chi connectivity index (χ1n) is 38.9. The van der Waals surface area contributed by atoms with E-state index in [0.29, 0.717) is 50.7 Å². The van der Waals surface area contributed by atoms with E-state index < -0.39 is 143 Å². The molecule has 0 saturated carbocycles. The summed E-state index contributed by atoms with van der Waals surface area (Å²) in [5.41, 5.74) is 2.81. The van der Waals surface area contributed by atoms with Crippen molar-refractivity contribution in [3.63, 3.8) is 0 Å². The molecule has 7 aromatic carbocycles. The highest BCUT2D eigenvalue weighted by Gasteiger charge is 2.49. The van der Waals surface area contributed by atoms with Gasteiger partial charge in [0.2, 0.25) is 47.3 Å². The van der Waals surface area contributed by atoms with Gasteiger partial charge in [-0.15, -0.1) is 10.2 Å². The van der Waals surface area contributed by atoms with Crippen molar-refractivity contribution in [2.45, 2.75) is 180 Å². The van der Waals surface area contributed by atoms with E-state index in [9.17, 15) is 39.0 Å². The zero-order chi connectivity index (χ0) is 82.9. The maximum Gasteiger partial charge on any atom is 0.326 e. The van der Waals surface area contributed by atoms with Gasteiger partial charge in [-0.05, 0) is 112 Å². The number of carboxylic acids is 2. The fourth-order valence-electron chi connectivity index (χ4n) is 14.7. The van der Waals surface area contributed by atoms with Crippen LogP contribution in [-0.4, -0.2) is 197 Å². The fourth-order valence-corrected chi connectivity index (χ4v) is 14.7. The van der Waals surface area contributed by atoms with Crippen LogP contribution in [0.5, 0.6) is 11.5 Å². The normalized spacial score (nSPS) is 21.1. The summed E-state index contributed by atoms with van der Waals surface area (Å²) in [5, 5.41) is 66.0. The molecule has 7 aliphatic heterocycles. The first-order valence-corrected chi connectivity index (χ1v) is 38.9. The monoisotopic (exact) mass is 1580 g/mol. The van der Waals surface area contributed by atoms with E-state index in [0.717, 1.165) is 27.1 Å². The van der Waals surface area contributed by atoms with E-state index in [1.54, 1.807) is 135 Å². The summed E-state index contributed by atoms with van der Waals surface area (Å²) in [7, 11) is 3.23. The Hall–Kier alpha value is -12.4. The second-order valence-corrected chi connectivity index (χ2v) is 32.4. The van der Waals surface area contributed by atoms with Crippen molar-refractivity contribution in [2.75, 3.05) is 27.2 Å². The third-order valence-electron chi connectivity index (χ3n) is 21.8. The number of benzene rings is 7. The molecule has 16 rings (SSSR count). The van der Waals surface area contributed by atoms with Gasteiger partial charge in [-0.1, -0.05) is 185 Å². The number of nitrogens with one attached hydrogen (secondary N) is 8. The number of ether oxygens (including phenoxy) is 2. The Bertz CT molecular complexity index is 5100. The minimum absolute atomic E-state index is 0.00880. The maximum atomic E-state index is 15.4. The summed E-state index contributed by atoms with van der Waals surface area (Å²) in [4.78, 5) is 148. The van der Waals surface area contributed by atoms with Crippen LogP contribution in [0.2, 0.25) is 0 Å². The third-order valence-corrected chi connectivity index (χ3v) is 21.8. The summed E-state index contributed by atoms with van der Waals surface area (Å²) in [6.45, 7) is 13.9. The van der Waals surface area contributed by atoms with Gasteiger partial charge in [-0.2, -0.15) is 0 Å². The molecular weight excluding hydrogens is 1480 g/mol. The smallest absolute Gasteiger partial charge is 0.326 e. The molecule has 0 aliphatic carbocycles. The first-order chi connectivity index (χ1) is 55.4.